The van der Waals surface area contributed by atoms with Crippen LogP contribution in [0.15, 0.2) is 54.0 Å². The maximum atomic E-state index is 13.8. The van der Waals surface area contributed by atoms with Crippen LogP contribution in [0.1, 0.15) is 63.4 Å². The molecule has 3 aliphatic rings. The summed E-state index contributed by atoms with van der Waals surface area (Å²) in [7, 11) is 0. The molecule has 1 N–H and O–H groups in total. The quantitative estimate of drug-likeness (QED) is 0.417. The minimum absolute atomic E-state index is 0.0346. The van der Waals surface area contributed by atoms with Gasteiger partial charge < -0.3 is 15.1 Å². The molecule has 11 heteroatoms. The Morgan fingerprint density at radius 1 is 1.12 bits per heavy atom. The van der Waals surface area contributed by atoms with E-state index in [9.17, 15) is 23.2 Å². The molecule has 0 atom stereocenters. The molecule has 1 spiro atoms. The summed E-state index contributed by atoms with van der Waals surface area (Å²) in [5, 5.41) is 4.86. The molecule has 2 fully saturated rings. The summed E-state index contributed by atoms with van der Waals surface area (Å²) >= 11 is 7.30. The Kier molecular flexibility index (Phi) is 7.08. The SMILES string of the molecule is O=C(NC1CCC(CN2C(=O)C3(CN(C(=O)c4cccs4)C3)c3ccccc32)CC1)c1cc(Cl)cnc1C(F)F. The van der Waals surface area contributed by atoms with Gasteiger partial charge in [-0.25, -0.2) is 8.78 Å². The van der Waals surface area contributed by atoms with Crippen molar-refractivity contribution in [3.8, 4) is 0 Å². The maximum absolute atomic E-state index is 13.8. The van der Waals surface area contributed by atoms with Gasteiger partial charge in [0.15, 0.2) is 0 Å². The van der Waals surface area contributed by atoms with Gasteiger partial charge in [-0.15, -0.1) is 11.3 Å². The molecule has 1 saturated heterocycles. The zero-order chi connectivity index (χ0) is 28.0. The number of hydrogen-bond donors (Lipinski definition) is 1. The van der Waals surface area contributed by atoms with E-state index in [0.717, 1.165) is 30.3 Å². The standard InChI is InChI=1S/C29H27ClF2N4O3S/c30-18-12-20(24(25(31)32)33-13-18)26(37)34-19-9-7-17(8-10-19)14-36-22-5-2-1-4-21(22)29(28(36)39)15-35(16-29)27(38)23-6-3-11-40-23/h1-6,11-13,17,19,25H,7-10,14-16H2,(H,34,37). The molecule has 4 heterocycles. The van der Waals surface area contributed by atoms with Crippen molar-refractivity contribution in [3.63, 3.8) is 0 Å². The Morgan fingerprint density at radius 3 is 2.58 bits per heavy atom. The topological polar surface area (TPSA) is 82.6 Å². The molecular weight excluding hydrogens is 558 g/mol. The van der Waals surface area contributed by atoms with Gasteiger partial charge in [0.2, 0.25) is 5.91 Å². The van der Waals surface area contributed by atoms with Gasteiger partial charge in [-0.05, 0) is 60.7 Å². The predicted octanol–water partition coefficient (Wildman–Crippen LogP) is 5.46. The lowest BCUT2D eigenvalue weighted by atomic mass is 9.74. The summed E-state index contributed by atoms with van der Waals surface area (Å²) in [6.07, 6.45) is 1.13. The summed E-state index contributed by atoms with van der Waals surface area (Å²) in [6, 6.07) is 12.5. The number of carbonyl (C=O) groups is 3. The number of carbonyl (C=O) groups excluding carboxylic acids is 3. The summed E-state index contributed by atoms with van der Waals surface area (Å²) < 4.78 is 26.7. The first-order valence-electron chi connectivity index (χ1n) is 13.3. The minimum atomic E-state index is -2.88. The molecule has 2 aromatic heterocycles. The van der Waals surface area contributed by atoms with Crippen LogP contribution in [0.3, 0.4) is 0 Å². The molecule has 0 radical (unpaired) electrons. The number of hydrogen-bond acceptors (Lipinski definition) is 5. The number of fused-ring (bicyclic) bond motifs is 2. The summed E-state index contributed by atoms with van der Waals surface area (Å²) in [5.41, 5.74) is 0.381. The maximum Gasteiger partial charge on any atom is 0.281 e. The number of nitrogens with zero attached hydrogens (tertiary/aromatic N) is 3. The van der Waals surface area contributed by atoms with Crippen molar-refractivity contribution in [2.45, 2.75) is 43.6 Å². The number of pyridine rings is 1. The van der Waals surface area contributed by atoms with E-state index in [1.165, 1.54) is 17.4 Å². The Morgan fingerprint density at radius 2 is 1.88 bits per heavy atom. The number of anilines is 1. The molecule has 2 aliphatic heterocycles. The summed E-state index contributed by atoms with van der Waals surface area (Å²) in [4.78, 5) is 47.4. The average molecular weight is 585 g/mol. The first kappa shape index (κ1) is 26.8. The fourth-order valence-corrected chi connectivity index (χ4v) is 7.05. The van der Waals surface area contributed by atoms with Crippen LogP contribution < -0.4 is 10.2 Å². The average Bonchev–Trinajstić information content (AvgIpc) is 3.54. The Hall–Kier alpha value is -3.37. The van der Waals surface area contributed by atoms with E-state index in [1.807, 2.05) is 40.6 Å². The van der Waals surface area contributed by atoms with E-state index in [-0.39, 0.29) is 34.4 Å². The zero-order valence-electron chi connectivity index (χ0n) is 21.5. The van der Waals surface area contributed by atoms with Gasteiger partial charge in [0, 0.05) is 37.6 Å². The highest BCUT2D eigenvalue weighted by Crippen LogP contribution is 2.48. The normalized spacial score (nSPS) is 21.4. The largest absolute Gasteiger partial charge is 0.349 e. The molecule has 7 nitrogen and oxygen atoms in total. The minimum Gasteiger partial charge on any atom is -0.349 e. The number of para-hydroxylation sites is 1. The Balaban J connectivity index is 1.09. The van der Waals surface area contributed by atoms with E-state index in [4.69, 9.17) is 11.6 Å². The molecule has 0 unspecified atom stereocenters. The molecule has 3 aromatic rings. The molecule has 1 aliphatic carbocycles. The number of rotatable bonds is 6. The third kappa shape index (κ3) is 4.66. The van der Waals surface area contributed by atoms with Crippen LogP contribution in [0.2, 0.25) is 5.02 Å². The molecular formula is C29H27ClF2N4O3S. The van der Waals surface area contributed by atoms with Gasteiger partial charge in [0.25, 0.3) is 18.2 Å². The molecule has 3 amide bonds. The van der Waals surface area contributed by atoms with Crippen molar-refractivity contribution in [2.75, 3.05) is 24.5 Å². The van der Waals surface area contributed by atoms with Gasteiger partial charge in [-0.2, -0.15) is 0 Å². The lowest BCUT2D eigenvalue weighted by molar-refractivity contribution is -0.128. The molecule has 40 heavy (non-hydrogen) atoms. The fraction of sp³-hybridized carbons (Fsp3) is 0.379. The van der Waals surface area contributed by atoms with Crippen LogP contribution in [0.25, 0.3) is 0 Å². The summed E-state index contributed by atoms with van der Waals surface area (Å²) in [6.45, 7) is 1.30. The number of likely N-dealkylation sites (tertiary alicyclic amines) is 1. The van der Waals surface area contributed by atoms with E-state index in [2.05, 4.69) is 10.3 Å². The van der Waals surface area contributed by atoms with Crippen molar-refractivity contribution in [1.29, 1.82) is 0 Å². The van der Waals surface area contributed by atoms with Crippen LogP contribution >= 0.6 is 22.9 Å². The number of amides is 3. The first-order chi connectivity index (χ1) is 19.3. The number of aromatic nitrogens is 1. The lowest BCUT2D eigenvalue weighted by Gasteiger charge is -2.46. The molecule has 1 saturated carbocycles. The van der Waals surface area contributed by atoms with Crippen molar-refractivity contribution < 1.29 is 23.2 Å². The summed E-state index contributed by atoms with van der Waals surface area (Å²) in [5.74, 6) is -0.383. The van der Waals surface area contributed by atoms with Crippen LogP contribution in [0.5, 0.6) is 0 Å². The van der Waals surface area contributed by atoms with Crippen LogP contribution in [-0.2, 0) is 10.2 Å². The highest BCUT2D eigenvalue weighted by atomic mass is 35.5. The zero-order valence-corrected chi connectivity index (χ0v) is 23.1. The van der Waals surface area contributed by atoms with Gasteiger partial charge in [-0.1, -0.05) is 35.9 Å². The van der Waals surface area contributed by atoms with Crippen LogP contribution in [0.4, 0.5) is 14.5 Å². The number of nitrogens with one attached hydrogen (secondary N) is 1. The Labute approximate surface area is 239 Å². The highest BCUT2D eigenvalue weighted by Gasteiger charge is 2.59. The predicted molar refractivity (Wildman–Crippen MR) is 148 cm³/mol. The van der Waals surface area contributed by atoms with Crippen LogP contribution in [-0.4, -0.2) is 53.3 Å². The van der Waals surface area contributed by atoms with Gasteiger partial charge in [-0.3, -0.25) is 19.4 Å². The Bertz CT molecular complexity index is 1450. The van der Waals surface area contributed by atoms with Gasteiger partial charge in [0.05, 0.1) is 15.5 Å². The number of thiophene rings is 1. The monoisotopic (exact) mass is 584 g/mol. The first-order valence-corrected chi connectivity index (χ1v) is 14.5. The van der Waals surface area contributed by atoms with Crippen molar-refractivity contribution in [2.24, 2.45) is 5.92 Å². The van der Waals surface area contributed by atoms with Crippen molar-refractivity contribution in [1.82, 2.24) is 15.2 Å². The molecule has 1 aromatic carbocycles. The smallest absolute Gasteiger partial charge is 0.281 e. The van der Waals surface area contributed by atoms with E-state index < -0.39 is 23.4 Å². The van der Waals surface area contributed by atoms with Crippen molar-refractivity contribution >= 4 is 46.3 Å². The molecule has 6 rings (SSSR count). The number of alkyl halides is 2. The van der Waals surface area contributed by atoms with Gasteiger partial charge >= 0.3 is 0 Å². The second-order valence-electron chi connectivity index (χ2n) is 10.7. The number of benzene rings is 1. The fourth-order valence-electron chi connectivity index (χ4n) is 6.20. The third-order valence-corrected chi connectivity index (χ3v) is 9.33. The highest BCUT2D eigenvalue weighted by molar-refractivity contribution is 7.12. The van der Waals surface area contributed by atoms with E-state index in [1.54, 1.807) is 11.0 Å². The van der Waals surface area contributed by atoms with Crippen molar-refractivity contribution in [3.05, 3.63) is 80.8 Å². The second-order valence-corrected chi connectivity index (χ2v) is 12.1. The van der Waals surface area contributed by atoms with Crippen LogP contribution in [0, 0.1) is 5.92 Å². The third-order valence-electron chi connectivity index (χ3n) is 8.26. The van der Waals surface area contributed by atoms with E-state index >= 15 is 0 Å². The molecule has 0 bridgehead atoms. The van der Waals surface area contributed by atoms with Gasteiger partial charge in [0.1, 0.15) is 11.1 Å². The van der Waals surface area contributed by atoms with E-state index in [0.29, 0.717) is 37.4 Å². The second kappa shape index (κ2) is 10.6. The lowest BCUT2D eigenvalue weighted by Crippen LogP contribution is -2.65. The number of halogens is 3. The molecule has 208 valence electrons.